The number of β-amino-alcohol motifs (C(OH)–C–C–N with tert-alkyl or cyclic N) is 1. The molecule has 3 fully saturated rings. The minimum Gasteiger partial charge on any atom is -0.391 e. The number of nitrogens with one attached hydrogen (secondary N) is 3. The maximum Gasteiger partial charge on any atom is 0.318 e. The Labute approximate surface area is 338 Å². The van der Waals surface area contributed by atoms with Crippen LogP contribution in [0.4, 0.5) is 4.79 Å². The highest BCUT2D eigenvalue weighted by atomic mass is 16.3. The lowest BCUT2D eigenvalue weighted by atomic mass is 10.0. The third-order valence-corrected chi connectivity index (χ3v) is 11.5. The van der Waals surface area contributed by atoms with Gasteiger partial charge in [-0.15, -0.1) is 0 Å². The number of benzene rings is 3. The zero-order valence-electron chi connectivity index (χ0n) is 32.6. The molecule has 5 aromatic rings. The van der Waals surface area contributed by atoms with Crippen LogP contribution in [-0.2, 0) is 9.59 Å². The van der Waals surface area contributed by atoms with Crippen molar-refractivity contribution >= 4 is 17.8 Å². The first-order valence-corrected chi connectivity index (χ1v) is 20.2. The van der Waals surface area contributed by atoms with E-state index in [0.29, 0.717) is 43.9 Å². The van der Waals surface area contributed by atoms with E-state index < -0.39 is 18.2 Å². The third-order valence-electron chi connectivity index (χ3n) is 11.5. The summed E-state index contributed by atoms with van der Waals surface area (Å²) < 4.78 is 0. The van der Waals surface area contributed by atoms with E-state index in [-0.39, 0.29) is 36.5 Å². The minimum atomic E-state index is -0.865. The van der Waals surface area contributed by atoms with Crippen molar-refractivity contribution in [3.8, 4) is 34.4 Å². The molecular formula is C45H49N9O4. The van der Waals surface area contributed by atoms with Crippen molar-refractivity contribution in [3.63, 3.8) is 0 Å². The van der Waals surface area contributed by atoms with Crippen LogP contribution < -0.4 is 11.1 Å². The molecular weight excluding hydrogens is 731 g/mol. The third kappa shape index (κ3) is 8.25. The molecule has 0 radical (unpaired) electrons. The van der Waals surface area contributed by atoms with Crippen LogP contribution in [0.15, 0.2) is 91.3 Å². The van der Waals surface area contributed by atoms with E-state index >= 15 is 0 Å². The summed E-state index contributed by atoms with van der Waals surface area (Å²) in [5.74, 6) is 7.80. The first-order valence-electron chi connectivity index (χ1n) is 20.2. The van der Waals surface area contributed by atoms with Gasteiger partial charge in [-0.2, -0.15) is 0 Å². The fourth-order valence-corrected chi connectivity index (χ4v) is 8.17. The smallest absolute Gasteiger partial charge is 0.318 e. The van der Waals surface area contributed by atoms with Crippen LogP contribution in [0.25, 0.3) is 22.5 Å². The fourth-order valence-electron chi connectivity index (χ4n) is 8.17. The minimum absolute atomic E-state index is 0.0175. The summed E-state index contributed by atoms with van der Waals surface area (Å²) in [6.07, 6.45) is 7.55. The molecule has 0 spiro atoms. The number of carbonyl (C=O) groups is 3. The number of H-pyrrole nitrogens is 2. The number of urea groups is 1. The molecule has 5 heterocycles. The standard InChI is InChI=1S/C45H49N9O4/c1-2-35(46)43(56)53-23-6-10-38(53)41-47-26-36(49-41)31-18-14-29(15-19-31)12-13-30-16-20-32(21-17-30)37-27-48-42(50-37)39-11-7-24-54(39)44(57)40(33-8-4-3-5-9-33)51-45(58)52-25-22-34(55)28-52/h3-5,8-9,14-21,26-27,34-35,38-40,55H,2,6-7,10-11,22-25,28,46H2,1H3,(H,47,49)(H,48,50)(H,51,58)/t34-,35+,38+,39+,40-/m1/s1. The second kappa shape index (κ2) is 17.1. The molecule has 298 valence electrons. The molecule has 3 saturated heterocycles. The molecule has 13 heteroatoms. The van der Waals surface area contributed by atoms with Gasteiger partial charge >= 0.3 is 6.03 Å². The number of hydrogen-bond acceptors (Lipinski definition) is 7. The zero-order chi connectivity index (χ0) is 40.2. The molecule has 0 aliphatic carbocycles. The number of aliphatic hydroxyl groups is 1. The Bertz CT molecular complexity index is 2290. The lowest BCUT2D eigenvalue weighted by molar-refractivity contribution is -0.135. The quantitative estimate of drug-likeness (QED) is 0.124. The Morgan fingerprint density at radius 3 is 1.81 bits per heavy atom. The highest BCUT2D eigenvalue weighted by Crippen LogP contribution is 2.35. The Balaban J connectivity index is 0.905. The van der Waals surface area contributed by atoms with Crippen LogP contribution in [0.2, 0.25) is 0 Å². The maximum atomic E-state index is 14.2. The molecule has 6 N–H and O–H groups in total. The van der Waals surface area contributed by atoms with Crippen molar-refractivity contribution in [3.05, 3.63) is 120 Å². The number of amides is 4. The Morgan fingerprint density at radius 1 is 0.776 bits per heavy atom. The number of rotatable bonds is 9. The molecule has 13 nitrogen and oxygen atoms in total. The Kier molecular flexibility index (Phi) is 11.4. The predicted molar refractivity (Wildman–Crippen MR) is 220 cm³/mol. The van der Waals surface area contributed by atoms with Crippen molar-refractivity contribution in [2.45, 2.75) is 75.7 Å². The molecule has 2 aromatic heterocycles. The average Bonchev–Trinajstić information content (AvgIpc) is 4.12. The van der Waals surface area contributed by atoms with E-state index in [1.165, 1.54) is 0 Å². The highest BCUT2D eigenvalue weighted by molar-refractivity contribution is 5.89. The van der Waals surface area contributed by atoms with E-state index in [0.717, 1.165) is 65.1 Å². The first kappa shape index (κ1) is 38.6. The van der Waals surface area contributed by atoms with Crippen molar-refractivity contribution in [1.82, 2.24) is 40.0 Å². The zero-order valence-corrected chi connectivity index (χ0v) is 32.6. The fraction of sp³-hybridized carbons (Fsp3) is 0.356. The molecule has 58 heavy (non-hydrogen) atoms. The number of aromatic amines is 2. The van der Waals surface area contributed by atoms with Crippen LogP contribution in [0.3, 0.4) is 0 Å². The number of imidazole rings is 2. The molecule has 5 atom stereocenters. The number of aliphatic hydroxyl groups excluding tert-OH is 1. The van der Waals surface area contributed by atoms with E-state index in [1.54, 1.807) is 11.1 Å². The van der Waals surface area contributed by atoms with Gasteiger partial charge in [-0.05, 0) is 79.5 Å². The average molecular weight is 780 g/mol. The molecule has 3 aromatic carbocycles. The van der Waals surface area contributed by atoms with Crippen molar-refractivity contribution < 1.29 is 19.5 Å². The summed E-state index contributed by atoms with van der Waals surface area (Å²) in [7, 11) is 0. The number of nitrogens with two attached hydrogens (primary N) is 1. The molecule has 3 aliphatic heterocycles. The summed E-state index contributed by atoms with van der Waals surface area (Å²) >= 11 is 0. The van der Waals surface area contributed by atoms with Crippen molar-refractivity contribution in [2.75, 3.05) is 26.2 Å². The second-order valence-corrected chi connectivity index (χ2v) is 15.3. The van der Waals surface area contributed by atoms with Gasteiger partial charge in [0.25, 0.3) is 0 Å². The molecule has 4 amide bonds. The number of carbonyl (C=O) groups excluding carboxylic acids is 3. The van der Waals surface area contributed by atoms with Crippen LogP contribution >= 0.6 is 0 Å². The normalized spacial score (nSPS) is 20.1. The molecule has 8 rings (SSSR count). The SMILES string of the molecule is CC[C@H](N)C(=O)N1CCC[C@H]1c1ncc(-c2ccc(C#Cc3ccc(-c4cnc([C@@H]5CCCN5C(=O)[C@H](NC(=O)N5CC[C@@H](O)C5)c5ccccc5)[nH]4)cc3)cc2)[nH]1. The van der Waals surface area contributed by atoms with E-state index in [1.807, 2.05) is 102 Å². The van der Waals surface area contributed by atoms with Gasteiger partial charge in [0.15, 0.2) is 0 Å². The largest absolute Gasteiger partial charge is 0.391 e. The number of nitrogens with zero attached hydrogens (tertiary/aromatic N) is 5. The van der Waals surface area contributed by atoms with E-state index in [9.17, 15) is 19.5 Å². The molecule has 0 bridgehead atoms. The monoisotopic (exact) mass is 779 g/mol. The maximum absolute atomic E-state index is 14.2. The van der Waals surface area contributed by atoms with Crippen LogP contribution in [0, 0.1) is 11.8 Å². The number of likely N-dealkylation sites (tertiary alicyclic amines) is 3. The van der Waals surface area contributed by atoms with Gasteiger partial charge in [-0.25, -0.2) is 14.8 Å². The summed E-state index contributed by atoms with van der Waals surface area (Å²) in [6.45, 7) is 3.88. The number of aromatic nitrogens is 4. The van der Waals surface area contributed by atoms with Gasteiger partial charge in [0.1, 0.15) is 17.7 Å². The highest BCUT2D eigenvalue weighted by Gasteiger charge is 2.38. The Morgan fingerprint density at radius 2 is 1.31 bits per heavy atom. The molecule has 0 saturated carbocycles. The topological polar surface area (TPSA) is 177 Å². The van der Waals surface area contributed by atoms with Crippen molar-refractivity contribution in [2.24, 2.45) is 5.73 Å². The molecule has 3 aliphatic rings. The lowest BCUT2D eigenvalue weighted by Gasteiger charge is -2.30. The summed E-state index contributed by atoms with van der Waals surface area (Å²) in [4.78, 5) is 61.6. The van der Waals surface area contributed by atoms with Gasteiger partial charge in [0.2, 0.25) is 11.8 Å². The van der Waals surface area contributed by atoms with E-state index in [4.69, 9.17) is 10.7 Å². The lowest BCUT2D eigenvalue weighted by Crippen LogP contribution is -2.47. The number of hydrogen-bond donors (Lipinski definition) is 5. The van der Waals surface area contributed by atoms with Gasteiger partial charge in [0.05, 0.1) is 48.0 Å². The van der Waals surface area contributed by atoms with Crippen LogP contribution in [0.1, 0.15) is 91.9 Å². The Hall–Kier alpha value is -6.23. The van der Waals surface area contributed by atoms with Gasteiger partial charge in [-0.3, -0.25) is 9.59 Å². The van der Waals surface area contributed by atoms with Crippen LogP contribution in [-0.4, -0.2) is 95.9 Å². The van der Waals surface area contributed by atoms with Crippen LogP contribution in [0.5, 0.6) is 0 Å². The van der Waals surface area contributed by atoms with Gasteiger partial charge in [-0.1, -0.05) is 73.4 Å². The van der Waals surface area contributed by atoms with Gasteiger partial charge < -0.3 is 40.8 Å². The summed E-state index contributed by atoms with van der Waals surface area (Å²) in [5.41, 5.74) is 12.2. The van der Waals surface area contributed by atoms with Crippen molar-refractivity contribution in [1.29, 1.82) is 0 Å². The first-order chi connectivity index (χ1) is 28.2. The second-order valence-electron chi connectivity index (χ2n) is 15.3. The van der Waals surface area contributed by atoms with Gasteiger partial charge in [0, 0.05) is 37.3 Å². The molecule has 0 unspecified atom stereocenters. The summed E-state index contributed by atoms with van der Waals surface area (Å²) in [5, 5.41) is 12.9. The predicted octanol–water partition coefficient (Wildman–Crippen LogP) is 5.45. The summed E-state index contributed by atoms with van der Waals surface area (Å²) in [6, 6.07) is 23.2. The van der Waals surface area contributed by atoms with E-state index in [2.05, 4.69) is 32.1 Å².